The molecule has 0 spiro atoms. The third kappa shape index (κ3) is 3.79. The number of aliphatic imine (C=N–C) groups is 1. The monoisotopic (exact) mass is 169 g/mol. The van der Waals surface area contributed by atoms with E-state index in [1.165, 1.54) is 5.56 Å². The maximum atomic E-state index is 4.12. The predicted octanol–water partition coefficient (Wildman–Crippen LogP) is 2.70. The van der Waals surface area contributed by atoms with Crippen molar-refractivity contribution in [2.24, 2.45) is 4.99 Å². The van der Waals surface area contributed by atoms with Gasteiger partial charge in [-0.2, -0.15) is 0 Å². The standard InChI is InChI=1S/C9H11N.ClH/c1-2-10-8-9-6-4-3-5-7-9;/h2-7H,8H2,1H3;1H. The number of nitrogens with zero attached hydrogens (tertiary/aromatic N) is 1. The highest BCUT2D eigenvalue weighted by Crippen LogP contribution is 1.98. The van der Waals surface area contributed by atoms with Crippen LogP contribution in [0.5, 0.6) is 0 Å². The molecule has 1 aromatic rings. The minimum absolute atomic E-state index is 0. The van der Waals surface area contributed by atoms with Crippen LogP contribution >= 0.6 is 12.4 Å². The van der Waals surface area contributed by atoms with Gasteiger partial charge in [0.25, 0.3) is 0 Å². The molecule has 1 aromatic carbocycles. The van der Waals surface area contributed by atoms with Crippen LogP contribution in [0.1, 0.15) is 12.5 Å². The van der Waals surface area contributed by atoms with Crippen LogP contribution in [-0.4, -0.2) is 6.21 Å². The van der Waals surface area contributed by atoms with Crippen LogP contribution in [0, 0.1) is 0 Å². The first-order valence-electron chi connectivity index (χ1n) is 3.42. The largest absolute Gasteiger partial charge is 0.293 e. The second kappa shape index (κ2) is 5.93. The smallest absolute Gasteiger partial charge is 0.0635 e. The summed E-state index contributed by atoms with van der Waals surface area (Å²) in [5, 5.41) is 0. The summed E-state index contributed by atoms with van der Waals surface area (Å²) in [5.74, 6) is 0. The predicted molar refractivity (Wildman–Crippen MR) is 51.6 cm³/mol. The SMILES string of the molecule is CC=NCc1ccccc1.Cl. The summed E-state index contributed by atoms with van der Waals surface area (Å²) >= 11 is 0. The van der Waals surface area contributed by atoms with Crippen molar-refractivity contribution >= 4 is 18.6 Å². The van der Waals surface area contributed by atoms with Crippen molar-refractivity contribution in [1.82, 2.24) is 0 Å². The minimum Gasteiger partial charge on any atom is -0.293 e. The highest BCUT2D eigenvalue weighted by molar-refractivity contribution is 5.85. The first kappa shape index (κ1) is 10.2. The van der Waals surface area contributed by atoms with Crippen molar-refractivity contribution < 1.29 is 0 Å². The summed E-state index contributed by atoms with van der Waals surface area (Å²) in [6, 6.07) is 10.2. The van der Waals surface area contributed by atoms with Crippen LogP contribution in [0.3, 0.4) is 0 Å². The highest BCUT2D eigenvalue weighted by atomic mass is 35.5. The van der Waals surface area contributed by atoms with Crippen molar-refractivity contribution in [3.63, 3.8) is 0 Å². The van der Waals surface area contributed by atoms with E-state index in [1.54, 1.807) is 0 Å². The van der Waals surface area contributed by atoms with Crippen molar-refractivity contribution in [2.75, 3.05) is 0 Å². The van der Waals surface area contributed by atoms with Gasteiger partial charge in [-0.3, -0.25) is 4.99 Å². The molecule has 1 rings (SSSR count). The second-order valence-corrected chi connectivity index (χ2v) is 2.08. The van der Waals surface area contributed by atoms with E-state index < -0.39 is 0 Å². The zero-order valence-corrected chi connectivity index (χ0v) is 7.34. The fourth-order valence-electron chi connectivity index (χ4n) is 0.780. The fourth-order valence-corrected chi connectivity index (χ4v) is 0.780. The molecule has 0 fully saturated rings. The lowest BCUT2D eigenvalue weighted by Crippen LogP contribution is -1.78. The van der Waals surface area contributed by atoms with E-state index >= 15 is 0 Å². The van der Waals surface area contributed by atoms with Crippen LogP contribution in [0.15, 0.2) is 35.3 Å². The van der Waals surface area contributed by atoms with Crippen LogP contribution < -0.4 is 0 Å². The third-order valence-electron chi connectivity index (χ3n) is 1.30. The first-order valence-corrected chi connectivity index (χ1v) is 3.42. The van der Waals surface area contributed by atoms with Crippen molar-refractivity contribution in [3.8, 4) is 0 Å². The van der Waals surface area contributed by atoms with Crippen molar-refractivity contribution in [1.29, 1.82) is 0 Å². The topological polar surface area (TPSA) is 12.4 Å². The lowest BCUT2D eigenvalue weighted by atomic mass is 10.2. The Balaban J connectivity index is 0.000001000. The van der Waals surface area contributed by atoms with Crippen LogP contribution in [0.25, 0.3) is 0 Å². The molecule has 60 valence electrons. The fraction of sp³-hybridized carbons (Fsp3) is 0.222. The Morgan fingerprint density at radius 2 is 1.91 bits per heavy atom. The third-order valence-corrected chi connectivity index (χ3v) is 1.30. The molecule has 0 saturated carbocycles. The molecule has 0 aliphatic heterocycles. The normalized spacial score (nSPS) is 9.55. The number of hydrogen-bond donors (Lipinski definition) is 0. The molecule has 0 N–H and O–H groups in total. The summed E-state index contributed by atoms with van der Waals surface area (Å²) in [5.41, 5.74) is 1.26. The minimum atomic E-state index is 0. The molecule has 0 bridgehead atoms. The average Bonchev–Trinajstić information content (AvgIpc) is 2.03. The molecule has 0 unspecified atom stereocenters. The molecule has 11 heavy (non-hydrogen) atoms. The molecule has 0 aromatic heterocycles. The summed E-state index contributed by atoms with van der Waals surface area (Å²) in [6.07, 6.45) is 1.83. The molecule has 0 amide bonds. The van der Waals surface area contributed by atoms with E-state index in [0.29, 0.717) is 0 Å². The van der Waals surface area contributed by atoms with Crippen LogP contribution in [-0.2, 0) is 6.54 Å². The molecule has 2 heteroatoms. The summed E-state index contributed by atoms with van der Waals surface area (Å²) in [4.78, 5) is 4.12. The van der Waals surface area contributed by atoms with Crippen LogP contribution in [0.4, 0.5) is 0 Å². The molecular weight excluding hydrogens is 158 g/mol. The lowest BCUT2D eigenvalue weighted by Gasteiger charge is -1.92. The molecule has 1 nitrogen and oxygen atoms in total. The van der Waals surface area contributed by atoms with Gasteiger partial charge in [-0.25, -0.2) is 0 Å². The number of benzene rings is 1. The zero-order valence-electron chi connectivity index (χ0n) is 6.53. The van der Waals surface area contributed by atoms with Gasteiger partial charge >= 0.3 is 0 Å². The van der Waals surface area contributed by atoms with E-state index in [1.807, 2.05) is 31.3 Å². The Labute approximate surface area is 73.6 Å². The number of halogens is 1. The van der Waals surface area contributed by atoms with E-state index in [9.17, 15) is 0 Å². The van der Waals surface area contributed by atoms with Gasteiger partial charge in [0.1, 0.15) is 0 Å². The van der Waals surface area contributed by atoms with Crippen molar-refractivity contribution in [3.05, 3.63) is 35.9 Å². The molecule has 0 saturated heterocycles. The van der Waals surface area contributed by atoms with E-state index in [0.717, 1.165) is 6.54 Å². The summed E-state index contributed by atoms with van der Waals surface area (Å²) in [6.45, 7) is 2.74. The van der Waals surface area contributed by atoms with Crippen LogP contribution in [0.2, 0.25) is 0 Å². The number of hydrogen-bond acceptors (Lipinski definition) is 1. The Hall–Kier alpha value is -0.820. The Morgan fingerprint density at radius 3 is 2.45 bits per heavy atom. The quantitative estimate of drug-likeness (QED) is 0.604. The lowest BCUT2D eigenvalue weighted by molar-refractivity contribution is 1.08. The van der Waals surface area contributed by atoms with Gasteiger partial charge in [0.05, 0.1) is 6.54 Å². The summed E-state index contributed by atoms with van der Waals surface area (Å²) in [7, 11) is 0. The van der Waals surface area contributed by atoms with Gasteiger partial charge in [0.15, 0.2) is 0 Å². The second-order valence-electron chi connectivity index (χ2n) is 2.08. The molecule has 0 aliphatic carbocycles. The van der Waals surface area contributed by atoms with Crippen molar-refractivity contribution in [2.45, 2.75) is 13.5 Å². The maximum Gasteiger partial charge on any atom is 0.0635 e. The van der Waals surface area contributed by atoms with E-state index in [2.05, 4.69) is 17.1 Å². The van der Waals surface area contributed by atoms with Gasteiger partial charge in [-0.15, -0.1) is 12.4 Å². The maximum absolute atomic E-state index is 4.12. The van der Waals surface area contributed by atoms with Gasteiger partial charge in [0.2, 0.25) is 0 Å². The highest BCUT2D eigenvalue weighted by Gasteiger charge is 1.83. The Morgan fingerprint density at radius 1 is 1.27 bits per heavy atom. The molecule has 0 heterocycles. The summed E-state index contributed by atoms with van der Waals surface area (Å²) < 4.78 is 0. The Kier molecular flexibility index (Phi) is 5.49. The van der Waals surface area contributed by atoms with Gasteiger partial charge < -0.3 is 0 Å². The van der Waals surface area contributed by atoms with E-state index in [4.69, 9.17) is 0 Å². The molecule has 0 radical (unpaired) electrons. The van der Waals surface area contributed by atoms with Gasteiger partial charge in [-0.1, -0.05) is 30.3 Å². The Bertz CT molecular complexity index is 206. The zero-order chi connectivity index (χ0) is 7.23. The average molecular weight is 170 g/mol. The van der Waals surface area contributed by atoms with Gasteiger partial charge in [-0.05, 0) is 18.7 Å². The van der Waals surface area contributed by atoms with Gasteiger partial charge in [0, 0.05) is 0 Å². The first-order chi connectivity index (χ1) is 4.93. The molecule has 0 atom stereocenters. The molecule has 0 aliphatic rings. The van der Waals surface area contributed by atoms with E-state index in [-0.39, 0.29) is 12.4 Å². The molecular formula is C9H12ClN. The number of rotatable bonds is 2.